The Balaban J connectivity index is 1.92. The van der Waals surface area contributed by atoms with Crippen LogP contribution in [0, 0.1) is 0 Å². The number of aromatic nitrogens is 2. The summed E-state index contributed by atoms with van der Waals surface area (Å²) in [7, 11) is -3.12. The third-order valence-corrected chi connectivity index (χ3v) is 4.25. The second kappa shape index (κ2) is 6.19. The Kier molecular flexibility index (Phi) is 4.57. The molecule has 0 amide bonds. The van der Waals surface area contributed by atoms with Gasteiger partial charge in [0.2, 0.25) is 0 Å². The smallest absolute Gasteiger partial charge is 0.175 e. The van der Waals surface area contributed by atoms with E-state index in [1.165, 1.54) is 6.26 Å². The topological polar surface area (TPSA) is 64.0 Å². The number of hydrogen-bond donors (Lipinski definition) is 1. The van der Waals surface area contributed by atoms with E-state index in [-0.39, 0.29) is 0 Å². The molecule has 0 unspecified atom stereocenters. The molecule has 0 fully saturated rings. The molecule has 0 aliphatic carbocycles. The minimum atomic E-state index is -3.12. The molecule has 0 radical (unpaired) electrons. The number of aryl methyl sites for hydroxylation is 1. The maximum atomic E-state index is 11.4. The highest BCUT2D eigenvalue weighted by Crippen LogP contribution is 2.10. The van der Waals surface area contributed by atoms with E-state index in [0.717, 1.165) is 24.3 Å². The van der Waals surface area contributed by atoms with Crippen LogP contribution in [0.25, 0.3) is 0 Å². The molecule has 0 saturated heterocycles. The molecule has 1 aromatic heterocycles. The fourth-order valence-corrected chi connectivity index (χ4v) is 2.60. The maximum Gasteiger partial charge on any atom is 0.175 e. The van der Waals surface area contributed by atoms with Crippen molar-refractivity contribution in [3.05, 3.63) is 48.0 Å². The molecule has 0 saturated carbocycles. The van der Waals surface area contributed by atoms with E-state index in [1.807, 2.05) is 24.7 Å². The molecule has 0 aliphatic heterocycles. The number of hydrogen-bond acceptors (Lipinski definition) is 4. The number of nitrogens with zero attached hydrogens (tertiary/aromatic N) is 2. The summed E-state index contributed by atoms with van der Waals surface area (Å²) in [5, 5.41) is 3.33. The fraction of sp³-hybridized carbons (Fsp3) is 0.357. The minimum Gasteiger partial charge on any atom is -0.334 e. The van der Waals surface area contributed by atoms with E-state index in [2.05, 4.69) is 21.8 Å². The van der Waals surface area contributed by atoms with Crippen LogP contribution < -0.4 is 5.32 Å². The number of sulfone groups is 1. The van der Waals surface area contributed by atoms with Crippen LogP contribution in [0.1, 0.15) is 18.2 Å². The van der Waals surface area contributed by atoms with Gasteiger partial charge in [0.1, 0.15) is 0 Å². The van der Waals surface area contributed by atoms with Crippen molar-refractivity contribution in [1.29, 1.82) is 0 Å². The van der Waals surface area contributed by atoms with E-state index in [0.29, 0.717) is 11.4 Å². The van der Waals surface area contributed by atoms with Gasteiger partial charge in [-0.25, -0.2) is 13.4 Å². The second-order valence-electron chi connectivity index (χ2n) is 4.69. The lowest BCUT2D eigenvalue weighted by molar-refractivity contribution is 0.601. The van der Waals surface area contributed by atoms with Crippen molar-refractivity contribution in [2.24, 2.45) is 0 Å². The molecule has 5 nitrogen and oxygen atoms in total. The highest BCUT2D eigenvalue weighted by atomic mass is 32.2. The van der Waals surface area contributed by atoms with Crippen molar-refractivity contribution in [3.8, 4) is 0 Å². The van der Waals surface area contributed by atoms with Crippen molar-refractivity contribution in [2.75, 3.05) is 6.26 Å². The quantitative estimate of drug-likeness (QED) is 0.878. The normalized spacial score (nSPS) is 11.7. The Morgan fingerprint density at radius 3 is 2.50 bits per heavy atom. The van der Waals surface area contributed by atoms with Crippen LogP contribution in [0.15, 0.2) is 41.7 Å². The first-order valence-electron chi connectivity index (χ1n) is 6.49. The van der Waals surface area contributed by atoms with E-state index in [4.69, 9.17) is 0 Å². The zero-order valence-corrected chi connectivity index (χ0v) is 12.5. The van der Waals surface area contributed by atoms with Crippen molar-refractivity contribution in [3.63, 3.8) is 0 Å². The van der Waals surface area contributed by atoms with Crippen molar-refractivity contribution in [1.82, 2.24) is 14.9 Å². The van der Waals surface area contributed by atoms with E-state index in [9.17, 15) is 8.42 Å². The summed E-state index contributed by atoms with van der Waals surface area (Å²) in [6.07, 6.45) is 4.88. The van der Waals surface area contributed by atoms with Gasteiger partial charge >= 0.3 is 0 Å². The molecule has 0 spiro atoms. The standard InChI is InChI=1S/C14H19N3O2S/c1-3-17-11-16-10-13(17)9-15-8-12-4-6-14(7-5-12)20(2,18)19/h4-7,10-11,15H,3,8-9H2,1-2H3. The third-order valence-electron chi connectivity index (χ3n) is 3.13. The van der Waals surface area contributed by atoms with Gasteiger partial charge in [-0.2, -0.15) is 0 Å². The zero-order valence-electron chi connectivity index (χ0n) is 11.7. The molecular formula is C14H19N3O2S. The first kappa shape index (κ1) is 14.7. The van der Waals surface area contributed by atoms with Crippen LogP contribution in [-0.4, -0.2) is 24.2 Å². The van der Waals surface area contributed by atoms with E-state index >= 15 is 0 Å². The molecule has 1 heterocycles. The van der Waals surface area contributed by atoms with Gasteiger partial charge in [0.25, 0.3) is 0 Å². The first-order chi connectivity index (χ1) is 9.50. The largest absolute Gasteiger partial charge is 0.334 e. The lowest BCUT2D eigenvalue weighted by Gasteiger charge is -2.07. The maximum absolute atomic E-state index is 11.4. The molecule has 108 valence electrons. The van der Waals surface area contributed by atoms with Crippen LogP contribution in [-0.2, 0) is 29.5 Å². The molecule has 2 rings (SSSR count). The Labute approximate surface area is 119 Å². The number of imidazole rings is 1. The van der Waals surface area contributed by atoms with Crippen LogP contribution in [0.5, 0.6) is 0 Å². The van der Waals surface area contributed by atoms with Crippen molar-refractivity contribution < 1.29 is 8.42 Å². The molecule has 20 heavy (non-hydrogen) atoms. The minimum absolute atomic E-state index is 0.352. The monoisotopic (exact) mass is 293 g/mol. The fourth-order valence-electron chi connectivity index (χ4n) is 1.97. The molecule has 0 atom stereocenters. The van der Waals surface area contributed by atoms with Gasteiger partial charge < -0.3 is 9.88 Å². The Hall–Kier alpha value is -1.66. The predicted octanol–water partition coefficient (Wildman–Crippen LogP) is 1.60. The van der Waals surface area contributed by atoms with Crippen molar-refractivity contribution >= 4 is 9.84 Å². The van der Waals surface area contributed by atoms with Crippen LogP contribution >= 0.6 is 0 Å². The van der Waals surface area contributed by atoms with Crippen LogP contribution in [0.3, 0.4) is 0 Å². The van der Waals surface area contributed by atoms with Gasteiger partial charge in [-0.3, -0.25) is 0 Å². The average molecular weight is 293 g/mol. The average Bonchev–Trinajstić information content (AvgIpc) is 2.86. The zero-order chi connectivity index (χ0) is 14.6. The summed E-state index contributed by atoms with van der Waals surface area (Å²) in [4.78, 5) is 4.47. The molecule has 6 heteroatoms. The lowest BCUT2D eigenvalue weighted by atomic mass is 10.2. The van der Waals surface area contributed by atoms with Gasteiger partial charge in [0.05, 0.1) is 16.9 Å². The van der Waals surface area contributed by atoms with Gasteiger partial charge in [-0.05, 0) is 24.6 Å². The first-order valence-corrected chi connectivity index (χ1v) is 8.38. The highest BCUT2D eigenvalue weighted by Gasteiger charge is 2.06. The Bertz CT molecular complexity index is 660. The summed E-state index contributed by atoms with van der Waals surface area (Å²) >= 11 is 0. The van der Waals surface area contributed by atoms with Gasteiger partial charge in [-0.15, -0.1) is 0 Å². The second-order valence-corrected chi connectivity index (χ2v) is 6.71. The summed E-state index contributed by atoms with van der Waals surface area (Å²) in [5.41, 5.74) is 2.19. The molecule has 0 aliphatic rings. The van der Waals surface area contributed by atoms with E-state index < -0.39 is 9.84 Å². The number of benzene rings is 1. The molecule has 2 aromatic rings. The van der Waals surface area contributed by atoms with Gasteiger partial charge in [-0.1, -0.05) is 12.1 Å². The number of nitrogens with one attached hydrogen (secondary N) is 1. The predicted molar refractivity (Wildman–Crippen MR) is 78.0 cm³/mol. The SMILES string of the molecule is CCn1cncc1CNCc1ccc(S(C)(=O)=O)cc1. The Morgan fingerprint density at radius 2 is 1.90 bits per heavy atom. The van der Waals surface area contributed by atoms with E-state index in [1.54, 1.807) is 12.1 Å². The lowest BCUT2D eigenvalue weighted by Crippen LogP contribution is -2.15. The van der Waals surface area contributed by atoms with Gasteiger partial charge in [0, 0.05) is 32.1 Å². The highest BCUT2D eigenvalue weighted by molar-refractivity contribution is 7.90. The molecule has 0 bridgehead atoms. The molecule has 1 N–H and O–H groups in total. The Morgan fingerprint density at radius 1 is 1.20 bits per heavy atom. The number of rotatable bonds is 6. The summed E-state index contributed by atoms with van der Waals surface area (Å²) in [6.45, 7) is 4.41. The summed E-state index contributed by atoms with van der Waals surface area (Å²) in [5.74, 6) is 0. The van der Waals surface area contributed by atoms with Crippen LogP contribution in [0.4, 0.5) is 0 Å². The van der Waals surface area contributed by atoms with Gasteiger partial charge in [0.15, 0.2) is 9.84 Å². The third kappa shape index (κ3) is 3.68. The van der Waals surface area contributed by atoms with Crippen LogP contribution in [0.2, 0.25) is 0 Å². The molecular weight excluding hydrogens is 274 g/mol. The molecule has 1 aromatic carbocycles. The summed E-state index contributed by atoms with van der Waals surface area (Å²) in [6, 6.07) is 6.95. The van der Waals surface area contributed by atoms with Crippen molar-refractivity contribution in [2.45, 2.75) is 31.5 Å². The summed E-state index contributed by atoms with van der Waals surface area (Å²) < 4.78 is 24.8.